The maximum Gasteiger partial charge on any atom is 0.261 e. The maximum atomic E-state index is 13.7. The van der Waals surface area contributed by atoms with Gasteiger partial charge >= 0.3 is 0 Å². The Morgan fingerprint density at radius 1 is 0.245 bits per heavy atom. The molecule has 12 aromatic heterocycles. The average Bonchev–Trinajstić information content (AvgIpc) is 0.713. The Balaban J connectivity index is 0.000000202. The first-order valence-corrected chi connectivity index (χ1v) is 35.1. The minimum atomic E-state index is -0.474. The third kappa shape index (κ3) is 21.2. The van der Waals surface area contributed by atoms with Crippen LogP contribution in [-0.2, 0) is 39.0 Å². The zero-order valence-electron chi connectivity index (χ0n) is 59.4. The Morgan fingerprint density at radius 3 is 0.636 bits per heavy atom. The van der Waals surface area contributed by atoms with Crippen LogP contribution in [0.2, 0.25) is 0 Å². The molecule has 24 heteroatoms. The van der Waals surface area contributed by atoms with E-state index in [1.54, 1.807) is 110 Å². The van der Waals surface area contributed by atoms with Crippen LogP contribution < -0.4 is 10.6 Å². The number of imide groups is 2. The van der Waals surface area contributed by atoms with E-state index in [4.69, 9.17) is 0 Å². The molecule has 14 heterocycles. The van der Waals surface area contributed by atoms with E-state index < -0.39 is 23.6 Å². The topological polar surface area (TPSA) is 288 Å². The van der Waals surface area contributed by atoms with Gasteiger partial charge in [0.15, 0.2) is 0 Å². The normalized spacial score (nSPS) is 11.4. The van der Waals surface area contributed by atoms with Gasteiger partial charge in [0.2, 0.25) is 0 Å². The van der Waals surface area contributed by atoms with Crippen LogP contribution in [0.15, 0.2) is 305 Å². The fraction of sp³-hybridized carbons (Fsp3) is 0.116. The first-order chi connectivity index (χ1) is 53.2. The average molecular weight is 1630 g/mol. The summed E-state index contributed by atoms with van der Waals surface area (Å²) in [5.41, 5.74) is 12.1. The number of pyridine rings is 12. The van der Waals surface area contributed by atoms with Gasteiger partial charge < -0.3 is 10.6 Å². The van der Waals surface area contributed by atoms with Crippen LogP contribution in [0.3, 0.4) is 0 Å². The summed E-state index contributed by atoms with van der Waals surface area (Å²) in [5.74, 6) is -2.39. The van der Waals surface area contributed by atoms with E-state index in [1.807, 2.05) is 182 Å². The Kier molecular flexibility index (Phi) is 29.8. The van der Waals surface area contributed by atoms with Crippen LogP contribution in [0.1, 0.15) is 101 Å². The third-order valence-electron chi connectivity index (χ3n) is 17.0. The van der Waals surface area contributed by atoms with E-state index in [-0.39, 0.29) is 86.1 Å². The van der Waals surface area contributed by atoms with Gasteiger partial charge in [0.05, 0.1) is 79.5 Å². The van der Waals surface area contributed by atoms with Crippen LogP contribution >= 0.6 is 0 Å². The number of aromatic nitrogens is 12. The molecular weight excluding hydrogens is 1560 g/mol. The quantitative estimate of drug-likeness (QED) is 0.0407. The Bertz CT molecular complexity index is 4570. The van der Waals surface area contributed by atoms with E-state index in [2.05, 4.69) is 70.4 Å². The number of amides is 6. The van der Waals surface area contributed by atoms with Crippen molar-refractivity contribution < 1.29 is 67.7 Å². The van der Waals surface area contributed by atoms with Gasteiger partial charge in [-0.3, -0.25) is 98.4 Å². The molecule has 0 bridgehead atoms. The molecule has 110 heavy (non-hydrogen) atoms. The summed E-state index contributed by atoms with van der Waals surface area (Å²) in [4.78, 5) is 133. The number of benzene rings is 2. The second-order valence-electron chi connectivity index (χ2n) is 24.2. The Morgan fingerprint density at radius 2 is 0.455 bits per heavy atom. The molecule has 0 spiro atoms. The fourth-order valence-electron chi connectivity index (χ4n) is 11.6. The summed E-state index contributed by atoms with van der Waals surface area (Å²) in [6, 6.07) is 70.6. The number of hydrogen-bond acceptors (Lipinski definition) is 18. The van der Waals surface area contributed by atoms with Crippen molar-refractivity contribution in [2.45, 2.75) is 38.5 Å². The van der Waals surface area contributed by atoms with E-state index in [0.29, 0.717) is 84.9 Å². The molecule has 2 aromatic carbocycles. The number of hydrogen-bond donors (Lipinski definition) is 2. The Hall–Kier alpha value is -13.0. The molecule has 2 aliphatic heterocycles. The van der Waals surface area contributed by atoms with Crippen molar-refractivity contribution in [3.63, 3.8) is 0 Å². The van der Waals surface area contributed by atoms with Crippen LogP contribution in [0, 0.1) is 0 Å². The van der Waals surface area contributed by atoms with Gasteiger partial charge in [-0.05, 0) is 208 Å². The minimum absolute atomic E-state index is 0. The monoisotopic (exact) mass is 1630 g/mol. The number of carbonyl (C=O) groups is 6. The van der Waals surface area contributed by atoms with Gasteiger partial charge in [-0.15, -0.1) is 0 Å². The first-order valence-electron chi connectivity index (χ1n) is 35.1. The predicted octanol–water partition coefficient (Wildman–Crippen LogP) is 14.7. The number of rotatable bonds is 20. The molecule has 0 radical (unpaired) electrons. The molecule has 22 nitrogen and oxygen atoms in total. The van der Waals surface area contributed by atoms with Crippen molar-refractivity contribution in [1.29, 1.82) is 0 Å². The number of nitrogens with one attached hydrogen (secondary N) is 2. The fourth-order valence-corrected chi connectivity index (χ4v) is 11.6. The van der Waals surface area contributed by atoms with Crippen LogP contribution in [0.5, 0.6) is 0 Å². The molecule has 0 aliphatic carbocycles. The minimum Gasteiger partial charge on any atom is -0.352 e. The summed E-state index contributed by atoms with van der Waals surface area (Å²) < 4.78 is 0. The van der Waals surface area contributed by atoms with Gasteiger partial charge in [-0.2, -0.15) is 0 Å². The molecule has 14 aromatic rings. The largest absolute Gasteiger partial charge is 0.352 e. The molecule has 2 N–H and O–H groups in total. The predicted molar refractivity (Wildman–Crippen MR) is 412 cm³/mol. The molecule has 548 valence electrons. The molecule has 0 saturated heterocycles. The standard InChI is InChI=1S/C46H40N8O6.4C10H8N2.2Ru/c55-41(29-13-19-37(51-27-29)35-11-3-7-21-47-35)49-23-5-1-9-25-53-43(57)31-15-17-33-40-34(18-16-32(39(31)40)44(53)58)46(60)54(45(33)59)26-10-2-6-24-50-42(56)30-14-20-38(52-28-30)36-12-4-8-22-48-36;4*1-3-7-11-9(5-1)10-6-2-4-8-12-10;;/h3-4,7-8,11-22,27-28H,1-2,5-6,9-10,23-26H2,(H,49,55)(H,50,56);4*1-8H;;. The summed E-state index contributed by atoms with van der Waals surface area (Å²) in [7, 11) is 0. The van der Waals surface area contributed by atoms with Gasteiger partial charge in [-0.25, -0.2) is 0 Å². The van der Waals surface area contributed by atoms with Crippen molar-refractivity contribution >= 4 is 46.2 Å². The molecule has 0 unspecified atom stereocenters. The second kappa shape index (κ2) is 41.2. The first kappa shape index (κ1) is 79.5. The van der Waals surface area contributed by atoms with E-state index >= 15 is 0 Å². The van der Waals surface area contributed by atoms with Crippen molar-refractivity contribution in [2.24, 2.45) is 0 Å². The van der Waals surface area contributed by atoms with Gasteiger partial charge in [0, 0.05) is 173 Å². The summed E-state index contributed by atoms with van der Waals surface area (Å²) in [5, 5.41) is 6.44. The molecule has 6 amide bonds. The van der Waals surface area contributed by atoms with Crippen molar-refractivity contribution in [1.82, 2.24) is 80.2 Å². The second-order valence-corrected chi connectivity index (χ2v) is 24.2. The van der Waals surface area contributed by atoms with Crippen LogP contribution in [0.4, 0.5) is 0 Å². The number of nitrogens with zero attached hydrogens (tertiary/aromatic N) is 14. The molecule has 0 fully saturated rings. The van der Waals surface area contributed by atoms with Crippen molar-refractivity contribution in [3.05, 3.63) is 338 Å². The number of carbonyl (C=O) groups excluding carboxylic acids is 6. The molecule has 0 atom stereocenters. The zero-order chi connectivity index (χ0) is 74.5. The van der Waals surface area contributed by atoms with Crippen molar-refractivity contribution in [2.75, 3.05) is 26.2 Å². The van der Waals surface area contributed by atoms with E-state index in [9.17, 15) is 28.8 Å². The third-order valence-corrected chi connectivity index (χ3v) is 17.0. The number of unbranched alkanes of at least 4 members (excludes halogenated alkanes) is 4. The summed E-state index contributed by atoms with van der Waals surface area (Å²) in [6.07, 6.45) is 24.2. The van der Waals surface area contributed by atoms with Crippen LogP contribution in [-0.4, -0.2) is 131 Å². The summed E-state index contributed by atoms with van der Waals surface area (Å²) >= 11 is 0. The molecule has 2 aliphatic rings. The SMILES string of the molecule is O=C(NCCCCCN1C(=O)c2ccc3c4c(ccc(c24)C1=O)C(=O)N(CCCCCNC(=O)c1ccc(-c2ccccn2)nc1)C3=O)c1ccc(-c2ccccn2)nc1.[Ru].[Ru].c1ccc(-c2ccccn2)nc1.c1ccc(-c2ccccn2)nc1.c1ccc(-c2ccccn2)nc1.c1ccc(-c2ccccn2)nc1. The molecule has 0 saturated carbocycles. The maximum absolute atomic E-state index is 13.7. The van der Waals surface area contributed by atoms with E-state index in [0.717, 1.165) is 56.9 Å². The van der Waals surface area contributed by atoms with Gasteiger partial charge in [0.1, 0.15) is 0 Å². The van der Waals surface area contributed by atoms with Crippen LogP contribution in [0.25, 0.3) is 79.1 Å². The molecular formula is C86H72N16O6Ru2. The zero-order valence-corrected chi connectivity index (χ0v) is 62.8. The van der Waals surface area contributed by atoms with Gasteiger partial charge in [-0.1, -0.05) is 60.7 Å². The Labute approximate surface area is 661 Å². The summed E-state index contributed by atoms with van der Waals surface area (Å²) in [6.45, 7) is 1.19. The van der Waals surface area contributed by atoms with E-state index in [1.165, 1.54) is 22.2 Å². The molecule has 16 rings (SSSR count). The van der Waals surface area contributed by atoms with Gasteiger partial charge in [0.25, 0.3) is 35.4 Å². The van der Waals surface area contributed by atoms with Crippen molar-refractivity contribution in [3.8, 4) is 68.3 Å². The smallest absolute Gasteiger partial charge is 0.261 e.